The fraction of sp³-hybridized carbons (Fsp3) is 0.250. The van der Waals surface area contributed by atoms with Crippen LogP contribution in [0.4, 0.5) is 18.9 Å². The van der Waals surface area contributed by atoms with Gasteiger partial charge in [-0.3, -0.25) is 4.79 Å². The second-order valence-corrected chi connectivity index (χ2v) is 11.5. The molecular formula is C28H23F3N2O3S2. The average molecular weight is 557 g/mol. The first kappa shape index (κ1) is 26.1. The monoisotopic (exact) mass is 556 g/mol. The highest BCUT2D eigenvalue weighted by atomic mass is 32.1. The Kier molecular flexibility index (Phi) is 6.43. The molecule has 0 spiro atoms. The zero-order valence-corrected chi connectivity index (χ0v) is 22.6. The largest absolute Gasteiger partial charge is 0.453 e. The number of nitrogens with zero attached hydrogens (tertiary/aromatic N) is 2. The van der Waals surface area contributed by atoms with Crippen LogP contribution in [0.1, 0.15) is 40.2 Å². The van der Waals surface area contributed by atoms with Crippen molar-refractivity contribution < 1.29 is 27.5 Å². The summed E-state index contributed by atoms with van der Waals surface area (Å²) in [5, 5.41) is 1.63. The quantitative estimate of drug-likeness (QED) is 0.190. The number of thiophene rings is 2. The maximum absolute atomic E-state index is 14.0. The van der Waals surface area contributed by atoms with Crippen molar-refractivity contribution >= 4 is 50.3 Å². The summed E-state index contributed by atoms with van der Waals surface area (Å²) in [6.07, 6.45) is -3.18. The number of fused-ring (bicyclic) bond motifs is 2. The van der Waals surface area contributed by atoms with Crippen LogP contribution in [0.5, 0.6) is 0 Å². The van der Waals surface area contributed by atoms with Crippen molar-refractivity contribution in [2.24, 2.45) is 0 Å². The van der Waals surface area contributed by atoms with E-state index in [4.69, 9.17) is 4.74 Å². The third-order valence-corrected chi connectivity index (χ3v) is 8.81. The number of ketones is 1. The van der Waals surface area contributed by atoms with Gasteiger partial charge in [-0.25, -0.2) is 9.78 Å². The van der Waals surface area contributed by atoms with Crippen molar-refractivity contribution in [2.75, 3.05) is 18.6 Å². The van der Waals surface area contributed by atoms with Crippen molar-refractivity contribution in [3.8, 4) is 10.6 Å². The molecule has 0 aliphatic carbocycles. The minimum Gasteiger partial charge on any atom is -0.453 e. The number of ether oxygens (including phenoxy) is 1. The Morgan fingerprint density at radius 3 is 2.55 bits per heavy atom. The molecule has 0 N–H and O–H groups in total. The van der Waals surface area contributed by atoms with Gasteiger partial charge in [0.15, 0.2) is 12.4 Å². The number of pyridine rings is 1. The van der Waals surface area contributed by atoms with E-state index in [1.807, 2.05) is 50.1 Å². The first-order valence-electron chi connectivity index (χ1n) is 11.7. The van der Waals surface area contributed by atoms with Crippen LogP contribution in [0.15, 0.2) is 59.6 Å². The van der Waals surface area contributed by atoms with Crippen LogP contribution in [-0.4, -0.2) is 30.4 Å². The summed E-state index contributed by atoms with van der Waals surface area (Å²) in [5.41, 5.74) is 1.87. The molecule has 5 rings (SSSR count). The van der Waals surface area contributed by atoms with Gasteiger partial charge < -0.3 is 9.64 Å². The summed E-state index contributed by atoms with van der Waals surface area (Å²) in [6.45, 7) is 4.93. The number of para-hydroxylation sites is 1. The molecule has 196 valence electrons. The van der Waals surface area contributed by atoms with Crippen molar-refractivity contribution in [1.82, 2.24) is 4.98 Å². The predicted molar refractivity (Wildman–Crippen MR) is 144 cm³/mol. The van der Waals surface area contributed by atoms with Crippen molar-refractivity contribution in [1.29, 1.82) is 0 Å². The lowest BCUT2D eigenvalue weighted by molar-refractivity contribution is -0.136. The summed E-state index contributed by atoms with van der Waals surface area (Å²) in [7, 11) is 1.87. The maximum atomic E-state index is 14.0. The number of rotatable bonds is 5. The molecule has 0 amide bonds. The summed E-state index contributed by atoms with van der Waals surface area (Å²) in [5.74, 6) is -1.28. The number of allylic oxidation sites excluding steroid dienone is 1. The number of anilines is 1. The molecule has 3 aromatic heterocycles. The molecule has 38 heavy (non-hydrogen) atoms. The third-order valence-electron chi connectivity index (χ3n) is 6.75. The molecule has 1 aromatic carbocycles. The average Bonchev–Trinajstić information content (AvgIpc) is 3.56. The number of aryl methyl sites for hydroxylation is 1. The highest BCUT2D eigenvalue weighted by Gasteiger charge is 2.39. The van der Waals surface area contributed by atoms with Crippen LogP contribution in [0.3, 0.4) is 0 Å². The Balaban J connectivity index is 1.41. The second-order valence-electron chi connectivity index (χ2n) is 9.54. The molecule has 1 aliphatic rings. The molecule has 0 fully saturated rings. The zero-order chi connectivity index (χ0) is 27.4. The summed E-state index contributed by atoms with van der Waals surface area (Å²) in [4.78, 5) is 32.7. The van der Waals surface area contributed by atoms with Gasteiger partial charge >= 0.3 is 12.1 Å². The molecule has 0 atom stereocenters. The molecule has 0 saturated carbocycles. The van der Waals surface area contributed by atoms with E-state index in [0.717, 1.165) is 34.4 Å². The summed E-state index contributed by atoms with van der Waals surface area (Å²) < 4.78 is 47.2. The van der Waals surface area contributed by atoms with E-state index in [9.17, 15) is 22.8 Å². The van der Waals surface area contributed by atoms with Gasteiger partial charge in [0, 0.05) is 35.3 Å². The third kappa shape index (κ3) is 4.41. The van der Waals surface area contributed by atoms with E-state index in [-0.39, 0.29) is 26.4 Å². The number of likely N-dealkylation sites (N-methyl/N-ethyl adjacent to an activating group) is 1. The number of aromatic nitrogens is 1. The highest BCUT2D eigenvalue weighted by Crippen LogP contribution is 2.46. The number of esters is 1. The van der Waals surface area contributed by atoms with Crippen molar-refractivity contribution in [3.63, 3.8) is 0 Å². The number of carbonyl (C=O) groups excluding carboxylic acids is 2. The smallest absolute Gasteiger partial charge is 0.417 e. The van der Waals surface area contributed by atoms with Crippen LogP contribution in [0.2, 0.25) is 0 Å². The van der Waals surface area contributed by atoms with Crippen molar-refractivity contribution in [3.05, 3.63) is 81.2 Å². The first-order valence-corrected chi connectivity index (χ1v) is 13.4. The first-order chi connectivity index (χ1) is 17.9. The lowest BCUT2D eigenvalue weighted by atomic mass is 9.83. The molecule has 4 aromatic rings. The molecule has 0 unspecified atom stereocenters. The van der Waals surface area contributed by atoms with Gasteiger partial charge in [0.25, 0.3) is 0 Å². The number of hydrogen-bond acceptors (Lipinski definition) is 7. The standard InChI is InChI=1S/C28H23F3N2O3S2/c1-15-23-18(28(29,30)31)13-19(21-10-7-11-37-21)32-25(23)38-24(15)26(35)36-14-16(34)12-22-27(2,3)17-8-5-6-9-20(17)33(22)4/h5-13H,14H2,1-4H3/b22-12+. The van der Waals surface area contributed by atoms with Crippen LogP contribution in [-0.2, 0) is 21.1 Å². The Morgan fingerprint density at radius 2 is 1.89 bits per heavy atom. The van der Waals surface area contributed by atoms with Gasteiger partial charge in [0.2, 0.25) is 0 Å². The van der Waals surface area contributed by atoms with E-state index < -0.39 is 35.5 Å². The summed E-state index contributed by atoms with van der Waals surface area (Å²) in [6, 6.07) is 12.3. The number of hydrogen-bond donors (Lipinski definition) is 0. The lowest BCUT2D eigenvalue weighted by Gasteiger charge is -2.23. The van der Waals surface area contributed by atoms with Gasteiger partial charge in [-0.05, 0) is 41.6 Å². The Hall–Kier alpha value is -3.50. The van der Waals surface area contributed by atoms with E-state index >= 15 is 0 Å². The fourth-order valence-corrected chi connectivity index (χ4v) is 6.65. The number of halogens is 3. The molecule has 0 radical (unpaired) electrons. The number of alkyl halides is 3. The van der Waals surface area contributed by atoms with Gasteiger partial charge in [0.05, 0.1) is 16.1 Å². The second kappa shape index (κ2) is 9.36. The highest BCUT2D eigenvalue weighted by molar-refractivity contribution is 7.20. The Labute approximate surface area is 225 Å². The molecule has 4 heterocycles. The Bertz CT molecular complexity index is 1600. The molecule has 5 nitrogen and oxygen atoms in total. The van der Waals surface area contributed by atoms with Crippen LogP contribution in [0, 0.1) is 6.92 Å². The van der Waals surface area contributed by atoms with Gasteiger partial charge in [0.1, 0.15) is 9.71 Å². The van der Waals surface area contributed by atoms with E-state index in [1.165, 1.54) is 24.3 Å². The van der Waals surface area contributed by atoms with E-state index in [2.05, 4.69) is 4.98 Å². The molecule has 10 heteroatoms. The molecular weight excluding hydrogens is 533 g/mol. The minimum absolute atomic E-state index is 0.00694. The fourth-order valence-electron chi connectivity index (χ4n) is 4.87. The van der Waals surface area contributed by atoms with Gasteiger partial charge in [-0.1, -0.05) is 38.1 Å². The lowest BCUT2D eigenvalue weighted by Crippen LogP contribution is -2.25. The predicted octanol–water partition coefficient (Wildman–Crippen LogP) is 7.39. The topological polar surface area (TPSA) is 59.5 Å². The molecule has 0 saturated heterocycles. The van der Waals surface area contributed by atoms with Crippen LogP contribution >= 0.6 is 22.7 Å². The molecule has 1 aliphatic heterocycles. The van der Waals surface area contributed by atoms with Gasteiger partial charge in [-0.2, -0.15) is 13.2 Å². The van der Waals surface area contributed by atoms with Crippen molar-refractivity contribution in [2.45, 2.75) is 32.4 Å². The maximum Gasteiger partial charge on any atom is 0.417 e. The van der Waals surface area contributed by atoms with Gasteiger partial charge in [-0.15, -0.1) is 22.7 Å². The van der Waals surface area contributed by atoms with Crippen LogP contribution < -0.4 is 4.90 Å². The Morgan fingerprint density at radius 1 is 1.16 bits per heavy atom. The summed E-state index contributed by atoms with van der Waals surface area (Å²) >= 11 is 2.11. The van der Waals surface area contributed by atoms with Crippen LogP contribution in [0.25, 0.3) is 20.8 Å². The number of benzene rings is 1. The zero-order valence-electron chi connectivity index (χ0n) is 21.0. The SMILES string of the molecule is Cc1c(C(=O)OCC(=O)/C=C2/N(C)c3ccccc3C2(C)C)sc2nc(-c3cccs3)cc(C(F)(F)F)c12. The van der Waals surface area contributed by atoms with E-state index in [0.29, 0.717) is 4.88 Å². The number of carbonyl (C=O) groups is 2. The molecule has 0 bridgehead atoms. The minimum atomic E-state index is -4.64. The normalized spacial score (nSPS) is 15.8. The van der Waals surface area contributed by atoms with E-state index in [1.54, 1.807) is 17.5 Å².